The van der Waals surface area contributed by atoms with Gasteiger partial charge in [-0.15, -0.1) is 5.10 Å². The van der Waals surface area contributed by atoms with E-state index in [1.54, 1.807) is 4.52 Å². The molecule has 2 N–H and O–H groups in total. The Morgan fingerprint density at radius 3 is 2.38 bits per heavy atom. The molecule has 0 atom stereocenters. The van der Waals surface area contributed by atoms with Crippen LogP contribution in [0.15, 0.2) is 18.3 Å². The van der Waals surface area contributed by atoms with Gasteiger partial charge in [-0.2, -0.15) is 13.2 Å². The van der Waals surface area contributed by atoms with E-state index in [1.807, 2.05) is 17.9 Å². The Morgan fingerprint density at radius 1 is 1.03 bits per heavy atom. The van der Waals surface area contributed by atoms with Crippen molar-refractivity contribution in [3.05, 3.63) is 35.2 Å². The van der Waals surface area contributed by atoms with Gasteiger partial charge in [0.15, 0.2) is 11.6 Å². The van der Waals surface area contributed by atoms with Gasteiger partial charge in [0.25, 0.3) is 0 Å². The second kappa shape index (κ2) is 9.01. The van der Waals surface area contributed by atoms with Crippen LogP contribution in [-0.2, 0) is 22.2 Å². The van der Waals surface area contributed by atoms with Crippen LogP contribution in [0.5, 0.6) is 0 Å². The number of aromatic nitrogens is 4. The summed E-state index contributed by atoms with van der Waals surface area (Å²) in [6.45, 7) is 7.84. The van der Waals surface area contributed by atoms with Gasteiger partial charge in [-0.1, -0.05) is 0 Å². The molecule has 3 aromatic rings. The van der Waals surface area contributed by atoms with Crippen LogP contribution in [0.4, 0.5) is 24.8 Å². The zero-order valence-corrected chi connectivity index (χ0v) is 18.8. The van der Waals surface area contributed by atoms with Gasteiger partial charge < -0.3 is 20.1 Å². The molecule has 9 nitrogen and oxygen atoms in total. The van der Waals surface area contributed by atoms with Crippen LogP contribution in [-0.4, -0.2) is 77.1 Å². The lowest BCUT2D eigenvalue weighted by molar-refractivity contribution is -0.137. The number of fused-ring (bicyclic) bond motifs is 1. The highest BCUT2D eigenvalue weighted by atomic mass is 19.4. The molecular weight excluding hydrogens is 451 g/mol. The Labute approximate surface area is 194 Å². The molecule has 0 spiro atoms. The van der Waals surface area contributed by atoms with Crippen LogP contribution < -0.4 is 10.6 Å². The van der Waals surface area contributed by atoms with Gasteiger partial charge >= 0.3 is 6.18 Å². The summed E-state index contributed by atoms with van der Waals surface area (Å²) >= 11 is 0. The number of pyridine rings is 1. The lowest BCUT2D eigenvalue weighted by atomic mass is 10.1. The molecule has 2 fully saturated rings. The Hall–Kier alpha value is -2.96. The average molecular weight is 477 g/mol. The number of hydrogen-bond donors (Lipinski definition) is 1. The number of anilines is 2. The summed E-state index contributed by atoms with van der Waals surface area (Å²) in [5.74, 6) is 0.315. The van der Waals surface area contributed by atoms with Crippen LogP contribution in [0.3, 0.4) is 0 Å². The van der Waals surface area contributed by atoms with E-state index in [0.29, 0.717) is 51.9 Å². The topological polar surface area (TPSA) is 94.0 Å². The largest absolute Gasteiger partial charge is 0.417 e. The maximum absolute atomic E-state index is 13.8. The summed E-state index contributed by atoms with van der Waals surface area (Å²) in [7, 11) is 0. The smallest absolute Gasteiger partial charge is 0.384 e. The molecule has 182 valence electrons. The van der Waals surface area contributed by atoms with E-state index in [4.69, 9.17) is 15.2 Å². The van der Waals surface area contributed by atoms with Gasteiger partial charge in [0.1, 0.15) is 11.3 Å². The van der Waals surface area contributed by atoms with Crippen molar-refractivity contribution in [2.24, 2.45) is 0 Å². The van der Waals surface area contributed by atoms with E-state index < -0.39 is 11.7 Å². The zero-order chi connectivity index (χ0) is 23.9. The normalized spacial score (nSPS) is 18.1. The van der Waals surface area contributed by atoms with E-state index in [-0.39, 0.29) is 17.2 Å². The molecule has 2 saturated heterocycles. The number of nitrogens with two attached hydrogens (primary N) is 1. The third-order valence-electron chi connectivity index (χ3n) is 6.24. The van der Waals surface area contributed by atoms with Crippen molar-refractivity contribution in [2.45, 2.75) is 19.6 Å². The van der Waals surface area contributed by atoms with Crippen LogP contribution in [0, 0.1) is 6.92 Å². The second-order valence-corrected chi connectivity index (χ2v) is 8.45. The fourth-order valence-electron chi connectivity index (χ4n) is 4.38. The number of rotatable bonds is 4. The molecule has 5 heterocycles. The van der Waals surface area contributed by atoms with Gasteiger partial charge in [-0.3, -0.25) is 4.90 Å². The number of aryl methyl sites for hydroxylation is 1. The summed E-state index contributed by atoms with van der Waals surface area (Å²) in [5.41, 5.74) is 7.11. The molecule has 0 radical (unpaired) electrons. The van der Waals surface area contributed by atoms with E-state index in [2.05, 4.69) is 20.0 Å². The molecule has 0 aliphatic carbocycles. The van der Waals surface area contributed by atoms with Crippen molar-refractivity contribution in [3.8, 4) is 11.4 Å². The molecule has 2 aliphatic heterocycles. The highest BCUT2D eigenvalue weighted by molar-refractivity contribution is 5.74. The Bertz CT molecular complexity index is 1190. The van der Waals surface area contributed by atoms with E-state index >= 15 is 0 Å². The SMILES string of the molecule is Cc1c(CN2CCOCC2)cc2c(N3CCOCC3)nc(-c3cnc(N)cc3C(F)(F)F)nn12. The quantitative estimate of drug-likeness (QED) is 0.612. The van der Waals surface area contributed by atoms with Crippen LogP contribution in [0.2, 0.25) is 0 Å². The number of nitrogens with zero attached hydrogens (tertiary/aromatic N) is 6. The standard InChI is InChI=1S/C22H26F3N7O2/c1-14-15(13-30-2-6-33-7-3-30)10-18-21(31-4-8-34-9-5-31)28-20(29-32(14)18)16-12-27-19(26)11-17(16)22(23,24)25/h10-12H,2-9,13H2,1H3,(H2,26,27). The monoisotopic (exact) mass is 477 g/mol. The number of hydrogen-bond acceptors (Lipinski definition) is 8. The Balaban J connectivity index is 1.66. The summed E-state index contributed by atoms with van der Waals surface area (Å²) < 4.78 is 54.1. The molecule has 34 heavy (non-hydrogen) atoms. The number of morpholine rings is 2. The summed E-state index contributed by atoms with van der Waals surface area (Å²) in [6, 6.07) is 2.86. The van der Waals surface area contributed by atoms with Crippen molar-refractivity contribution in [1.29, 1.82) is 0 Å². The fraction of sp³-hybridized carbons (Fsp3) is 0.500. The van der Waals surface area contributed by atoms with Crippen LogP contribution >= 0.6 is 0 Å². The summed E-state index contributed by atoms with van der Waals surface area (Å²) in [5, 5.41) is 4.54. The van der Waals surface area contributed by atoms with E-state index in [1.165, 1.54) is 0 Å². The predicted molar refractivity (Wildman–Crippen MR) is 119 cm³/mol. The first-order valence-electron chi connectivity index (χ1n) is 11.2. The van der Waals surface area contributed by atoms with Gasteiger partial charge in [-0.05, 0) is 24.6 Å². The summed E-state index contributed by atoms with van der Waals surface area (Å²) in [4.78, 5) is 12.8. The van der Waals surface area contributed by atoms with Crippen molar-refractivity contribution < 1.29 is 22.6 Å². The summed E-state index contributed by atoms with van der Waals surface area (Å²) in [6.07, 6.45) is -3.53. The number of nitrogen functional groups attached to an aromatic ring is 1. The minimum Gasteiger partial charge on any atom is -0.384 e. The molecule has 5 rings (SSSR count). The first-order chi connectivity index (χ1) is 16.3. The lowest BCUT2D eigenvalue weighted by Gasteiger charge is -2.28. The minimum absolute atomic E-state index is 0.0505. The molecule has 2 aliphatic rings. The van der Waals surface area contributed by atoms with Crippen molar-refractivity contribution in [2.75, 3.05) is 63.2 Å². The van der Waals surface area contributed by atoms with Gasteiger partial charge in [0.2, 0.25) is 0 Å². The Kier molecular flexibility index (Phi) is 6.04. The van der Waals surface area contributed by atoms with Gasteiger partial charge in [-0.25, -0.2) is 14.5 Å². The molecule has 0 unspecified atom stereocenters. The Morgan fingerprint density at radius 2 is 1.71 bits per heavy atom. The molecule has 0 bridgehead atoms. The molecule has 0 amide bonds. The first kappa shape index (κ1) is 22.8. The van der Waals surface area contributed by atoms with Gasteiger partial charge in [0, 0.05) is 44.6 Å². The first-order valence-corrected chi connectivity index (χ1v) is 11.2. The maximum atomic E-state index is 13.8. The minimum atomic E-state index is -4.63. The van der Waals surface area contributed by atoms with Crippen LogP contribution in [0.1, 0.15) is 16.8 Å². The third-order valence-corrected chi connectivity index (χ3v) is 6.24. The second-order valence-electron chi connectivity index (χ2n) is 8.45. The number of alkyl halides is 3. The molecule has 3 aromatic heterocycles. The zero-order valence-electron chi connectivity index (χ0n) is 18.8. The van der Waals surface area contributed by atoms with E-state index in [0.717, 1.165) is 42.1 Å². The lowest BCUT2D eigenvalue weighted by Crippen LogP contribution is -2.37. The fourth-order valence-corrected chi connectivity index (χ4v) is 4.38. The highest BCUT2D eigenvalue weighted by Gasteiger charge is 2.36. The predicted octanol–water partition coefficient (Wildman–Crippen LogP) is 2.37. The third kappa shape index (κ3) is 4.40. The highest BCUT2D eigenvalue weighted by Crippen LogP contribution is 2.37. The average Bonchev–Trinajstić information content (AvgIpc) is 3.14. The number of halogens is 3. The van der Waals surface area contributed by atoms with E-state index in [9.17, 15) is 13.2 Å². The van der Waals surface area contributed by atoms with Crippen molar-refractivity contribution in [3.63, 3.8) is 0 Å². The molecule has 0 saturated carbocycles. The maximum Gasteiger partial charge on any atom is 0.417 e. The van der Waals surface area contributed by atoms with Crippen molar-refractivity contribution in [1.82, 2.24) is 24.5 Å². The molecular formula is C22H26F3N7O2. The molecule has 12 heteroatoms. The van der Waals surface area contributed by atoms with Crippen molar-refractivity contribution >= 4 is 17.2 Å². The molecule has 0 aromatic carbocycles. The number of ether oxygens (including phenoxy) is 2. The van der Waals surface area contributed by atoms with Gasteiger partial charge in [0.05, 0.1) is 37.6 Å². The van der Waals surface area contributed by atoms with Crippen LogP contribution in [0.25, 0.3) is 16.9 Å².